The van der Waals surface area contributed by atoms with Gasteiger partial charge in [-0.15, -0.1) is 12.4 Å². The number of benzene rings is 1. The Morgan fingerprint density at radius 1 is 1.04 bits per heavy atom. The van der Waals surface area contributed by atoms with Crippen molar-refractivity contribution in [2.45, 2.75) is 32.4 Å². The summed E-state index contributed by atoms with van der Waals surface area (Å²) in [5.41, 5.74) is 2.95. The van der Waals surface area contributed by atoms with E-state index < -0.39 is 0 Å². The second-order valence-electron chi connectivity index (χ2n) is 6.91. The minimum atomic E-state index is 0. The predicted octanol–water partition coefficient (Wildman–Crippen LogP) is 2.43. The Morgan fingerprint density at radius 2 is 1.79 bits per heavy atom. The summed E-state index contributed by atoms with van der Waals surface area (Å²) in [4.78, 5) is 7.74. The molecular weight excluding hydrogens is 320 g/mol. The number of halogens is 1. The van der Waals surface area contributed by atoms with Crippen molar-refractivity contribution in [3.63, 3.8) is 0 Å². The highest BCUT2D eigenvalue weighted by Gasteiger charge is 2.21. The molecule has 2 aliphatic heterocycles. The van der Waals surface area contributed by atoms with E-state index in [9.17, 15) is 0 Å². The van der Waals surface area contributed by atoms with E-state index >= 15 is 0 Å². The van der Waals surface area contributed by atoms with Crippen molar-refractivity contribution in [3.05, 3.63) is 29.8 Å². The van der Waals surface area contributed by atoms with Crippen molar-refractivity contribution >= 4 is 18.1 Å². The van der Waals surface area contributed by atoms with Crippen LogP contribution in [-0.2, 0) is 6.54 Å². The van der Waals surface area contributed by atoms with Crippen LogP contribution in [0.1, 0.15) is 25.3 Å². The summed E-state index contributed by atoms with van der Waals surface area (Å²) >= 11 is 0. The molecule has 0 aromatic heterocycles. The molecule has 0 saturated carbocycles. The van der Waals surface area contributed by atoms with Crippen LogP contribution in [0.5, 0.6) is 0 Å². The Kier molecular flexibility index (Phi) is 7.82. The van der Waals surface area contributed by atoms with Crippen molar-refractivity contribution in [2.75, 3.05) is 57.8 Å². The number of hydrogen-bond donors (Lipinski definition) is 1. The first-order valence-corrected chi connectivity index (χ1v) is 9.25. The highest BCUT2D eigenvalue weighted by atomic mass is 35.5. The van der Waals surface area contributed by atoms with Crippen LogP contribution in [0.2, 0.25) is 0 Å². The Morgan fingerprint density at radius 3 is 2.50 bits per heavy atom. The monoisotopic (exact) mass is 352 g/mol. The smallest absolute Gasteiger partial charge is 0.0412 e. The topological polar surface area (TPSA) is 21.8 Å². The molecular formula is C19H33ClN4. The molecule has 3 rings (SSSR count). The minimum Gasteiger partial charge on any atom is -0.369 e. The first kappa shape index (κ1) is 19.5. The third-order valence-electron chi connectivity index (χ3n) is 5.46. The van der Waals surface area contributed by atoms with E-state index in [2.05, 4.69) is 58.3 Å². The molecule has 0 bridgehead atoms. The molecule has 2 fully saturated rings. The second-order valence-corrected chi connectivity index (χ2v) is 6.91. The van der Waals surface area contributed by atoms with Gasteiger partial charge < -0.3 is 15.1 Å². The van der Waals surface area contributed by atoms with Crippen LogP contribution >= 0.6 is 12.4 Å². The van der Waals surface area contributed by atoms with Gasteiger partial charge in [-0.1, -0.05) is 25.1 Å². The molecule has 0 aliphatic carbocycles. The SMILES string of the molecule is CCN1CCN(c2ccccc2CN2CCCC(NC)C2)CC1.Cl. The van der Waals surface area contributed by atoms with Gasteiger partial charge in [0.05, 0.1) is 0 Å². The zero-order chi connectivity index (χ0) is 16.1. The number of nitrogens with zero attached hydrogens (tertiary/aromatic N) is 3. The maximum Gasteiger partial charge on any atom is 0.0412 e. The van der Waals surface area contributed by atoms with E-state index in [4.69, 9.17) is 0 Å². The molecule has 1 aromatic rings. The highest BCUT2D eigenvalue weighted by Crippen LogP contribution is 2.24. The molecule has 0 amide bonds. The van der Waals surface area contributed by atoms with Crippen molar-refractivity contribution in [1.29, 1.82) is 0 Å². The first-order chi connectivity index (χ1) is 11.3. The average Bonchev–Trinajstić information content (AvgIpc) is 2.62. The number of piperazine rings is 1. The summed E-state index contributed by atoms with van der Waals surface area (Å²) in [6, 6.07) is 9.68. The third kappa shape index (κ3) is 4.85. The predicted molar refractivity (Wildman–Crippen MR) is 105 cm³/mol. The van der Waals surface area contributed by atoms with E-state index in [1.165, 1.54) is 56.8 Å². The van der Waals surface area contributed by atoms with Crippen LogP contribution in [0, 0.1) is 0 Å². The molecule has 24 heavy (non-hydrogen) atoms. The molecule has 1 atom stereocenters. The van der Waals surface area contributed by atoms with Gasteiger partial charge in [0, 0.05) is 51.0 Å². The van der Waals surface area contributed by atoms with Gasteiger partial charge >= 0.3 is 0 Å². The van der Waals surface area contributed by atoms with Crippen molar-refractivity contribution < 1.29 is 0 Å². The third-order valence-corrected chi connectivity index (χ3v) is 5.46. The Labute approximate surface area is 153 Å². The molecule has 1 aromatic carbocycles. The van der Waals surface area contributed by atoms with Crippen LogP contribution in [0.4, 0.5) is 5.69 Å². The number of likely N-dealkylation sites (tertiary alicyclic amines) is 1. The number of nitrogens with one attached hydrogen (secondary N) is 1. The van der Waals surface area contributed by atoms with Gasteiger partial charge in [-0.25, -0.2) is 0 Å². The van der Waals surface area contributed by atoms with Crippen LogP contribution < -0.4 is 10.2 Å². The molecule has 1 unspecified atom stereocenters. The Bertz CT molecular complexity index is 488. The first-order valence-electron chi connectivity index (χ1n) is 9.25. The number of rotatable bonds is 5. The molecule has 2 heterocycles. The molecule has 4 nitrogen and oxygen atoms in total. The van der Waals surface area contributed by atoms with E-state index in [-0.39, 0.29) is 12.4 Å². The molecule has 2 aliphatic rings. The lowest BCUT2D eigenvalue weighted by molar-refractivity contribution is 0.188. The lowest BCUT2D eigenvalue weighted by atomic mass is 10.0. The largest absolute Gasteiger partial charge is 0.369 e. The fraction of sp³-hybridized carbons (Fsp3) is 0.684. The maximum atomic E-state index is 3.45. The summed E-state index contributed by atoms with van der Waals surface area (Å²) < 4.78 is 0. The highest BCUT2D eigenvalue weighted by molar-refractivity contribution is 5.85. The second kappa shape index (κ2) is 9.62. The van der Waals surface area contributed by atoms with E-state index in [1.807, 2.05) is 0 Å². The van der Waals surface area contributed by atoms with Crippen LogP contribution in [0.15, 0.2) is 24.3 Å². The molecule has 136 valence electrons. The van der Waals surface area contributed by atoms with Gasteiger partial charge in [-0.3, -0.25) is 4.90 Å². The van der Waals surface area contributed by atoms with E-state index in [1.54, 1.807) is 0 Å². The van der Waals surface area contributed by atoms with Crippen LogP contribution in [-0.4, -0.2) is 68.7 Å². The summed E-state index contributed by atoms with van der Waals surface area (Å²) in [7, 11) is 2.09. The molecule has 0 radical (unpaired) electrons. The lowest BCUT2D eigenvalue weighted by Crippen LogP contribution is -2.47. The maximum absolute atomic E-state index is 3.45. The van der Waals surface area contributed by atoms with E-state index in [0.29, 0.717) is 6.04 Å². The standard InChI is InChI=1S/C19H32N4.ClH/c1-3-21-11-13-23(14-12-21)19-9-5-4-7-17(19)15-22-10-6-8-18(16-22)20-2;/h4-5,7,9,18,20H,3,6,8,10-16H2,1-2H3;1H. The van der Waals surface area contributed by atoms with Gasteiger partial charge in [-0.2, -0.15) is 0 Å². The van der Waals surface area contributed by atoms with Gasteiger partial charge in [0.2, 0.25) is 0 Å². The lowest BCUT2D eigenvalue weighted by Gasteiger charge is -2.38. The van der Waals surface area contributed by atoms with E-state index in [0.717, 1.165) is 19.6 Å². The van der Waals surface area contributed by atoms with Gasteiger partial charge in [0.1, 0.15) is 0 Å². The number of hydrogen-bond acceptors (Lipinski definition) is 4. The Hall–Kier alpha value is -0.810. The van der Waals surface area contributed by atoms with Gasteiger partial charge in [0.25, 0.3) is 0 Å². The number of para-hydroxylation sites is 1. The fourth-order valence-corrected chi connectivity index (χ4v) is 3.93. The normalized spacial score (nSPS) is 23.1. The molecule has 2 saturated heterocycles. The zero-order valence-electron chi connectivity index (χ0n) is 15.2. The fourth-order valence-electron chi connectivity index (χ4n) is 3.93. The Balaban J connectivity index is 0.00000208. The molecule has 0 spiro atoms. The minimum absolute atomic E-state index is 0. The van der Waals surface area contributed by atoms with Crippen LogP contribution in [0.25, 0.3) is 0 Å². The van der Waals surface area contributed by atoms with Crippen LogP contribution in [0.3, 0.4) is 0 Å². The summed E-state index contributed by atoms with van der Waals surface area (Å²) in [5, 5.41) is 3.45. The zero-order valence-corrected chi connectivity index (χ0v) is 16.0. The van der Waals surface area contributed by atoms with Crippen molar-refractivity contribution in [1.82, 2.24) is 15.1 Å². The number of piperidine rings is 1. The number of anilines is 1. The quantitative estimate of drug-likeness (QED) is 0.878. The summed E-state index contributed by atoms with van der Waals surface area (Å²) in [6.45, 7) is 11.6. The average molecular weight is 353 g/mol. The van der Waals surface area contributed by atoms with Gasteiger partial charge in [0.15, 0.2) is 0 Å². The summed E-state index contributed by atoms with van der Waals surface area (Å²) in [6.07, 6.45) is 2.62. The van der Waals surface area contributed by atoms with Gasteiger partial charge in [-0.05, 0) is 44.6 Å². The van der Waals surface area contributed by atoms with Crippen molar-refractivity contribution in [3.8, 4) is 0 Å². The molecule has 5 heteroatoms. The number of likely N-dealkylation sites (N-methyl/N-ethyl adjacent to an activating group) is 2. The van der Waals surface area contributed by atoms with Crippen molar-refractivity contribution in [2.24, 2.45) is 0 Å². The summed E-state index contributed by atoms with van der Waals surface area (Å²) in [5.74, 6) is 0. The molecule has 1 N–H and O–H groups in total.